The maximum absolute atomic E-state index is 3.50. The predicted molar refractivity (Wildman–Crippen MR) is 48.0 cm³/mol. The van der Waals surface area contributed by atoms with E-state index in [0.717, 1.165) is 19.4 Å². The van der Waals surface area contributed by atoms with Crippen LogP contribution in [0.3, 0.4) is 0 Å². The highest BCUT2D eigenvalue weighted by molar-refractivity contribution is 9.12. The van der Waals surface area contributed by atoms with E-state index in [1.165, 1.54) is 10.1 Å². The average molecular weight is 202 g/mol. The van der Waals surface area contributed by atoms with Gasteiger partial charge >= 0.3 is 0 Å². The van der Waals surface area contributed by atoms with Crippen molar-refractivity contribution in [3.05, 3.63) is 22.3 Å². The zero-order chi connectivity index (χ0) is 7.40. The third kappa shape index (κ3) is 1.87. The fourth-order valence-electron chi connectivity index (χ4n) is 0.995. The van der Waals surface area contributed by atoms with E-state index in [0.29, 0.717) is 0 Å². The maximum atomic E-state index is 3.50. The van der Waals surface area contributed by atoms with E-state index < -0.39 is 0 Å². The van der Waals surface area contributed by atoms with E-state index >= 15 is 0 Å². The van der Waals surface area contributed by atoms with Crippen molar-refractivity contribution >= 4 is 15.9 Å². The first kappa shape index (κ1) is 7.86. The minimum atomic E-state index is 1.05. The first-order valence-corrected chi connectivity index (χ1v) is 4.42. The van der Waals surface area contributed by atoms with Crippen molar-refractivity contribution in [2.45, 2.75) is 19.8 Å². The Morgan fingerprint density at radius 3 is 3.20 bits per heavy atom. The lowest BCUT2D eigenvalue weighted by molar-refractivity contribution is 0.858. The molecule has 0 saturated carbocycles. The first-order valence-electron chi connectivity index (χ1n) is 3.63. The molecular formula is C8H12BrN. The highest BCUT2D eigenvalue weighted by atomic mass is 79.9. The number of halogens is 1. The summed E-state index contributed by atoms with van der Waals surface area (Å²) in [4.78, 5) is 0. The zero-order valence-electron chi connectivity index (χ0n) is 6.15. The summed E-state index contributed by atoms with van der Waals surface area (Å²) in [6, 6.07) is 0. The minimum absolute atomic E-state index is 1.05. The molecule has 0 aromatic rings. The lowest BCUT2D eigenvalue weighted by Crippen LogP contribution is -2.03. The van der Waals surface area contributed by atoms with Crippen molar-refractivity contribution in [3.63, 3.8) is 0 Å². The minimum Gasteiger partial charge on any atom is -0.390 e. The van der Waals surface area contributed by atoms with Crippen molar-refractivity contribution in [3.8, 4) is 0 Å². The van der Waals surface area contributed by atoms with Crippen molar-refractivity contribution in [1.29, 1.82) is 0 Å². The Bertz CT molecular complexity index is 170. The molecule has 2 heteroatoms. The van der Waals surface area contributed by atoms with Crippen LogP contribution in [0.5, 0.6) is 0 Å². The molecule has 1 rings (SSSR count). The summed E-state index contributed by atoms with van der Waals surface area (Å²) in [6.45, 7) is 3.23. The highest BCUT2D eigenvalue weighted by Gasteiger charge is 2.00. The molecule has 1 heterocycles. The Morgan fingerprint density at radius 2 is 2.50 bits per heavy atom. The SMILES string of the molecule is CCC1=CCCNC=C1Br. The van der Waals surface area contributed by atoms with Crippen LogP contribution in [0.2, 0.25) is 0 Å². The highest BCUT2D eigenvalue weighted by Crippen LogP contribution is 2.20. The third-order valence-electron chi connectivity index (χ3n) is 1.60. The molecule has 1 N–H and O–H groups in total. The lowest BCUT2D eigenvalue weighted by atomic mass is 10.2. The van der Waals surface area contributed by atoms with Crippen molar-refractivity contribution in [1.82, 2.24) is 5.32 Å². The van der Waals surface area contributed by atoms with Gasteiger partial charge in [-0.05, 0) is 34.3 Å². The number of allylic oxidation sites excluding steroid dienone is 2. The van der Waals surface area contributed by atoms with E-state index in [9.17, 15) is 0 Å². The van der Waals surface area contributed by atoms with Gasteiger partial charge in [0.15, 0.2) is 0 Å². The van der Waals surface area contributed by atoms with Crippen LogP contribution in [0.4, 0.5) is 0 Å². The molecule has 1 nitrogen and oxygen atoms in total. The largest absolute Gasteiger partial charge is 0.390 e. The molecule has 0 spiro atoms. The number of rotatable bonds is 1. The first-order chi connectivity index (χ1) is 4.84. The molecule has 1 aliphatic heterocycles. The van der Waals surface area contributed by atoms with Gasteiger partial charge in [-0.1, -0.05) is 13.0 Å². The van der Waals surface area contributed by atoms with Gasteiger partial charge in [0.25, 0.3) is 0 Å². The van der Waals surface area contributed by atoms with Crippen LogP contribution >= 0.6 is 15.9 Å². The Labute approximate surface area is 70.3 Å². The fraction of sp³-hybridized carbons (Fsp3) is 0.500. The van der Waals surface area contributed by atoms with Gasteiger partial charge in [0, 0.05) is 17.2 Å². The summed E-state index contributed by atoms with van der Waals surface area (Å²) in [5.74, 6) is 0. The molecule has 0 amide bonds. The standard InChI is InChI=1S/C8H12BrN/c1-2-7-4-3-5-10-6-8(7)9/h4,6,10H,2-3,5H2,1H3. The van der Waals surface area contributed by atoms with Gasteiger partial charge in [-0.25, -0.2) is 0 Å². The Morgan fingerprint density at radius 1 is 1.70 bits per heavy atom. The molecule has 0 aliphatic carbocycles. The van der Waals surface area contributed by atoms with Gasteiger partial charge in [0.05, 0.1) is 0 Å². The van der Waals surface area contributed by atoms with Gasteiger partial charge < -0.3 is 5.32 Å². The summed E-state index contributed by atoms with van der Waals surface area (Å²) in [6.07, 6.45) is 6.55. The average Bonchev–Trinajstić information content (AvgIpc) is 2.13. The summed E-state index contributed by atoms with van der Waals surface area (Å²) in [5, 5.41) is 3.20. The second kappa shape index (κ2) is 3.81. The van der Waals surface area contributed by atoms with E-state index in [1.54, 1.807) is 0 Å². The summed E-state index contributed by atoms with van der Waals surface area (Å²) < 4.78 is 1.20. The normalized spacial score (nSPS) is 18.6. The predicted octanol–water partition coefficient (Wildman–Crippen LogP) is 2.55. The van der Waals surface area contributed by atoms with E-state index in [2.05, 4.69) is 34.2 Å². The van der Waals surface area contributed by atoms with E-state index in [1.807, 2.05) is 6.20 Å². The van der Waals surface area contributed by atoms with Crippen molar-refractivity contribution in [2.24, 2.45) is 0 Å². The third-order valence-corrected chi connectivity index (χ3v) is 2.33. The summed E-state index contributed by atoms with van der Waals surface area (Å²) in [7, 11) is 0. The van der Waals surface area contributed by atoms with Crippen molar-refractivity contribution in [2.75, 3.05) is 6.54 Å². The van der Waals surface area contributed by atoms with Gasteiger partial charge in [0.2, 0.25) is 0 Å². The Kier molecular flexibility index (Phi) is 3.00. The molecule has 0 aromatic carbocycles. The monoisotopic (exact) mass is 201 g/mol. The Balaban J connectivity index is 2.71. The molecule has 0 bridgehead atoms. The van der Waals surface area contributed by atoms with Crippen LogP contribution in [-0.2, 0) is 0 Å². The van der Waals surface area contributed by atoms with Gasteiger partial charge in [-0.2, -0.15) is 0 Å². The smallest absolute Gasteiger partial charge is 0.0360 e. The summed E-state index contributed by atoms with van der Waals surface area (Å²) >= 11 is 3.50. The quantitative estimate of drug-likeness (QED) is 0.688. The molecular weight excluding hydrogens is 190 g/mol. The topological polar surface area (TPSA) is 12.0 Å². The molecule has 0 atom stereocenters. The van der Waals surface area contributed by atoms with E-state index in [-0.39, 0.29) is 0 Å². The molecule has 0 aromatic heterocycles. The van der Waals surface area contributed by atoms with Crippen LogP contribution < -0.4 is 5.32 Å². The second-order valence-electron chi connectivity index (χ2n) is 2.32. The molecule has 0 unspecified atom stereocenters. The maximum Gasteiger partial charge on any atom is 0.0360 e. The molecule has 0 saturated heterocycles. The van der Waals surface area contributed by atoms with Gasteiger partial charge in [-0.15, -0.1) is 0 Å². The van der Waals surface area contributed by atoms with Crippen LogP contribution in [0.25, 0.3) is 0 Å². The molecule has 1 aliphatic rings. The van der Waals surface area contributed by atoms with Crippen LogP contribution in [0, 0.1) is 0 Å². The fourth-order valence-corrected chi connectivity index (χ4v) is 1.60. The van der Waals surface area contributed by atoms with Crippen LogP contribution in [-0.4, -0.2) is 6.54 Å². The lowest BCUT2D eigenvalue weighted by Gasteiger charge is -1.98. The van der Waals surface area contributed by atoms with E-state index in [4.69, 9.17) is 0 Å². The molecule has 10 heavy (non-hydrogen) atoms. The molecule has 56 valence electrons. The van der Waals surface area contributed by atoms with Crippen molar-refractivity contribution < 1.29 is 0 Å². The zero-order valence-corrected chi connectivity index (χ0v) is 7.74. The number of hydrogen-bond donors (Lipinski definition) is 1. The second-order valence-corrected chi connectivity index (χ2v) is 3.17. The summed E-state index contributed by atoms with van der Waals surface area (Å²) in [5.41, 5.74) is 1.41. The van der Waals surface area contributed by atoms with Gasteiger partial charge in [-0.3, -0.25) is 0 Å². The van der Waals surface area contributed by atoms with Crippen LogP contribution in [0.1, 0.15) is 19.8 Å². The Hall–Kier alpha value is -0.240. The number of hydrogen-bond acceptors (Lipinski definition) is 1. The van der Waals surface area contributed by atoms with Gasteiger partial charge in [0.1, 0.15) is 0 Å². The van der Waals surface area contributed by atoms with Crippen LogP contribution in [0.15, 0.2) is 22.3 Å². The number of nitrogens with one attached hydrogen (secondary N) is 1. The molecule has 0 radical (unpaired) electrons. The molecule has 0 fully saturated rings.